The Hall–Kier alpha value is -1.53. The monoisotopic (exact) mass is 288 g/mol. The van der Waals surface area contributed by atoms with Gasteiger partial charge in [-0.2, -0.15) is 5.26 Å². The molecule has 0 aliphatic heterocycles. The maximum atomic E-state index is 9.45. The number of nitriles is 1. The smallest absolute Gasteiger partial charge is 0.122 e. The average molecular weight is 288 g/mol. The second-order valence-electron chi connectivity index (χ2n) is 5.62. The molecule has 0 saturated carbocycles. The zero-order valence-corrected chi connectivity index (χ0v) is 13.8. The molecule has 0 saturated heterocycles. The highest BCUT2D eigenvalue weighted by molar-refractivity contribution is 5.38. The molecule has 116 valence electrons. The molecule has 1 unspecified atom stereocenters. The van der Waals surface area contributed by atoms with Gasteiger partial charge in [0.15, 0.2) is 0 Å². The van der Waals surface area contributed by atoms with E-state index >= 15 is 0 Å². The van der Waals surface area contributed by atoms with E-state index in [9.17, 15) is 5.26 Å². The Labute approximate surface area is 129 Å². The van der Waals surface area contributed by atoms with Gasteiger partial charge in [-0.3, -0.25) is 5.32 Å². The van der Waals surface area contributed by atoms with Crippen molar-refractivity contribution >= 4 is 0 Å². The Morgan fingerprint density at radius 1 is 1.29 bits per heavy atom. The van der Waals surface area contributed by atoms with E-state index in [0.717, 1.165) is 38.0 Å². The van der Waals surface area contributed by atoms with Gasteiger partial charge in [0.2, 0.25) is 0 Å². The summed E-state index contributed by atoms with van der Waals surface area (Å²) in [5.74, 6) is 0.954. The maximum absolute atomic E-state index is 9.45. The van der Waals surface area contributed by atoms with Crippen LogP contribution in [0.4, 0.5) is 0 Å². The van der Waals surface area contributed by atoms with E-state index in [2.05, 4.69) is 45.1 Å². The fraction of sp³-hybridized carbons (Fsp3) is 0.611. The summed E-state index contributed by atoms with van der Waals surface area (Å²) in [5.41, 5.74) is 2.04. The van der Waals surface area contributed by atoms with Crippen molar-refractivity contribution in [3.05, 3.63) is 29.3 Å². The molecule has 1 atom stereocenters. The van der Waals surface area contributed by atoms with Crippen molar-refractivity contribution in [2.75, 3.05) is 13.2 Å². The van der Waals surface area contributed by atoms with E-state index in [0.29, 0.717) is 6.61 Å². The summed E-state index contributed by atoms with van der Waals surface area (Å²) in [4.78, 5) is 0. The van der Waals surface area contributed by atoms with Gasteiger partial charge in [-0.25, -0.2) is 0 Å². The van der Waals surface area contributed by atoms with Crippen molar-refractivity contribution in [2.45, 2.75) is 58.9 Å². The topological polar surface area (TPSA) is 45.0 Å². The molecule has 1 aromatic rings. The van der Waals surface area contributed by atoms with Crippen molar-refractivity contribution in [1.29, 1.82) is 5.26 Å². The Balaban J connectivity index is 2.48. The first-order chi connectivity index (χ1) is 10.1. The van der Waals surface area contributed by atoms with Crippen LogP contribution >= 0.6 is 0 Å². The zero-order valence-electron chi connectivity index (χ0n) is 13.8. The van der Waals surface area contributed by atoms with Crippen molar-refractivity contribution in [3.63, 3.8) is 0 Å². The Morgan fingerprint density at radius 2 is 2.05 bits per heavy atom. The highest BCUT2D eigenvalue weighted by Crippen LogP contribution is 2.22. The fourth-order valence-corrected chi connectivity index (χ4v) is 2.37. The predicted octanol–water partition coefficient (Wildman–Crippen LogP) is 4.13. The summed E-state index contributed by atoms with van der Waals surface area (Å²) < 4.78 is 5.87. The molecule has 3 heteroatoms. The van der Waals surface area contributed by atoms with Gasteiger partial charge in [0.05, 0.1) is 12.7 Å². The number of ether oxygens (including phenoxy) is 1. The minimum Gasteiger partial charge on any atom is -0.493 e. The normalized spacial score (nSPS) is 13.5. The van der Waals surface area contributed by atoms with Crippen LogP contribution in [-0.2, 0) is 0 Å². The molecule has 0 aliphatic carbocycles. The van der Waals surface area contributed by atoms with Crippen LogP contribution in [0.25, 0.3) is 0 Å². The van der Waals surface area contributed by atoms with Crippen molar-refractivity contribution in [2.24, 2.45) is 0 Å². The van der Waals surface area contributed by atoms with Crippen LogP contribution < -0.4 is 10.1 Å². The number of nitrogens with zero attached hydrogens (tertiary/aromatic N) is 1. The second-order valence-corrected chi connectivity index (χ2v) is 5.62. The third-order valence-corrected chi connectivity index (χ3v) is 4.09. The molecule has 1 aromatic carbocycles. The molecule has 21 heavy (non-hydrogen) atoms. The number of hydrogen-bond donors (Lipinski definition) is 1. The number of aryl methyl sites for hydroxylation is 1. The van der Waals surface area contributed by atoms with Gasteiger partial charge in [0, 0.05) is 0 Å². The molecule has 0 spiro atoms. The Kier molecular flexibility index (Phi) is 7.25. The van der Waals surface area contributed by atoms with E-state index < -0.39 is 5.54 Å². The average Bonchev–Trinajstić information content (AvgIpc) is 2.51. The molecule has 0 heterocycles. The molecule has 1 rings (SSSR count). The van der Waals surface area contributed by atoms with Crippen molar-refractivity contribution in [1.82, 2.24) is 5.32 Å². The standard InChI is InChI=1S/C18H28N2O/c1-5-12-20-18(6-2,14-19)11-8-13-21-17-10-7-9-15(3)16(17)4/h7,9-10,20H,5-6,8,11-13H2,1-4H3. The Morgan fingerprint density at radius 3 is 2.67 bits per heavy atom. The minimum atomic E-state index is -0.402. The molecule has 0 aromatic heterocycles. The third kappa shape index (κ3) is 5.06. The molecule has 0 amide bonds. The largest absolute Gasteiger partial charge is 0.493 e. The molecular weight excluding hydrogens is 260 g/mol. The van der Waals surface area contributed by atoms with E-state index in [1.54, 1.807) is 0 Å². The lowest BCUT2D eigenvalue weighted by Crippen LogP contribution is -2.44. The number of nitrogens with one attached hydrogen (secondary N) is 1. The predicted molar refractivity (Wildman–Crippen MR) is 87.6 cm³/mol. The van der Waals surface area contributed by atoms with E-state index in [1.165, 1.54) is 11.1 Å². The molecule has 0 aliphatic rings. The van der Waals surface area contributed by atoms with Crippen LogP contribution in [0.1, 0.15) is 50.7 Å². The first-order valence-corrected chi connectivity index (χ1v) is 7.94. The van der Waals surface area contributed by atoms with Crippen LogP contribution in [0.3, 0.4) is 0 Å². The summed E-state index contributed by atoms with van der Waals surface area (Å²) in [6.45, 7) is 9.90. The zero-order chi connectivity index (χ0) is 15.7. The first-order valence-electron chi connectivity index (χ1n) is 7.94. The van der Waals surface area contributed by atoms with Gasteiger partial charge >= 0.3 is 0 Å². The van der Waals surface area contributed by atoms with Crippen molar-refractivity contribution in [3.8, 4) is 11.8 Å². The summed E-state index contributed by atoms with van der Waals surface area (Å²) in [6.07, 6.45) is 3.58. The summed E-state index contributed by atoms with van der Waals surface area (Å²) in [5, 5.41) is 12.8. The fourth-order valence-electron chi connectivity index (χ4n) is 2.37. The lowest BCUT2D eigenvalue weighted by molar-refractivity contribution is 0.275. The van der Waals surface area contributed by atoms with E-state index in [-0.39, 0.29) is 0 Å². The second kappa shape index (κ2) is 8.69. The number of rotatable bonds is 9. The molecule has 1 N–H and O–H groups in total. The minimum absolute atomic E-state index is 0.402. The summed E-state index contributed by atoms with van der Waals surface area (Å²) in [6, 6.07) is 8.57. The van der Waals surface area contributed by atoms with Crippen LogP contribution in [0.5, 0.6) is 5.75 Å². The van der Waals surface area contributed by atoms with Crippen LogP contribution in [-0.4, -0.2) is 18.7 Å². The molecule has 0 fully saturated rings. The SMILES string of the molecule is CCCNC(C#N)(CC)CCCOc1cccc(C)c1C. The van der Waals surface area contributed by atoms with Gasteiger partial charge in [-0.05, 0) is 63.3 Å². The lowest BCUT2D eigenvalue weighted by Gasteiger charge is -2.26. The van der Waals surface area contributed by atoms with E-state index in [4.69, 9.17) is 4.74 Å². The Bertz CT molecular complexity index is 479. The lowest BCUT2D eigenvalue weighted by atomic mass is 9.92. The molecule has 0 bridgehead atoms. The van der Waals surface area contributed by atoms with E-state index in [1.807, 2.05) is 12.1 Å². The van der Waals surface area contributed by atoms with Gasteiger partial charge in [-0.15, -0.1) is 0 Å². The maximum Gasteiger partial charge on any atom is 0.122 e. The summed E-state index contributed by atoms with van der Waals surface area (Å²) >= 11 is 0. The summed E-state index contributed by atoms with van der Waals surface area (Å²) in [7, 11) is 0. The van der Waals surface area contributed by atoms with Crippen molar-refractivity contribution < 1.29 is 4.74 Å². The highest BCUT2D eigenvalue weighted by Gasteiger charge is 2.26. The van der Waals surface area contributed by atoms with Gasteiger partial charge in [0.25, 0.3) is 0 Å². The van der Waals surface area contributed by atoms with Crippen LogP contribution in [0, 0.1) is 25.2 Å². The van der Waals surface area contributed by atoms with Gasteiger partial charge in [0.1, 0.15) is 11.3 Å². The molecular formula is C18H28N2O. The quantitative estimate of drug-likeness (QED) is 0.695. The van der Waals surface area contributed by atoms with Gasteiger partial charge in [-0.1, -0.05) is 26.0 Å². The number of hydrogen-bond acceptors (Lipinski definition) is 3. The molecule has 0 radical (unpaired) electrons. The first kappa shape index (κ1) is 17.5. The molecule has 3 nitrogen and oxygen atoms in total. The third-order valence-electron chi connectivity index (χ3n) is 4.09. The van der Waals surface area contributed by atoms with Gasteiger partial charge < -0.3 is 4.74 Å². The number of benzene rings is 1. The highest BCUT2D eigenvalue weighted by atomic mass is 16.5. The van der Waals surface area contributed by atoms with Crippen LogP contribution in [0.2, 0.25) is 0 Å². The van der Waals surface area contributed by atoms with Crippen LogP contribution in [0.15, 0.2) is 18.2 Å².